The van der Waals surface area contributed by atoms with Gasteiger partial charge in [0.05, 0.1) is 12.2 Å². The normalized spacial score (nSPS) is 18.8. The number of carbonyl (C=O) groups excluding carboxylic acids is 2. The SMILES string of the molecule is CC(C)(C)OC(=O)NC1CCN(C=O)CC1.FC(F)(F)c1ccc(OC2CCN(Sc3ccc(OCC4CCCCC4)cc3)CC2)cc1. The predicted molar refractivity (Wildman–Crippen MR) is 181 cm³/mol. The number of alkyl carbamates (subject to hydrolysis) is 1. The quantitative estimate of drug-likeness (QED) is 0.209. The molecular weight excluding hydrogens is 643 g/mol. The van der Waals surface area contributed by atoms with E-state index < -0.39 is 17.3 Å². The molecular formula is C36H50F3N3O5S. The fraction of sp³-hybridized carbons (Fsp3) is 0.611. The maximum atomic E-state index is 12.7. The fourth-order valence-corrected chi connectivity index (χ4v) is 6.84. The van der Waals surface area contributed by atoms with E-state index in [-0.39, 0.29) is 18.2 Å². The number of amides is 2. The van der Waals surface area contributed by atoms with Crippen molar-refractivity contribution in [3.63, 3.8) is 0 Å². The molecule has 0 unspecified atom stereocenters. The van der Waals surface area contributed by atoms with Crippen molar-refractivity contribution in [1.29, 1.82) is 0 Å². The first kappa shape index (κ1) is 37.7. The molecule has 3 fully saturated rings. The molecule has 0 atom stereocenters. The molecule has 2 aromatic carbocycles. The molecule has 2 heterocycles. The van der Waals surface area contributed by atoms with Crippen LogP contribution in [0.25, 0.3) is 0 Å². The van der Waals surface area contributed by atoms with Gasteiger partial charge in [-0.2, -0.15) is 13.2 Å². The van der Waals surface area contributed by atoms with Gasteiger partial charge in [-0.05, 0) is 126 Å². The number of hydrogen-bond acceptors (Lipinski definition) is 7. The highest BCUT2D eigenvalue weighted by Crippen LogP contribution is 2.32. The van der Waals surface area contributed by atoms with Crippen LogP contribution >= 0.6 is 11.9 Å². The van der Waals surface area contributed by atoms with Crippen molar-refractivity contribution < 1.29 is 37.0 Å². The van der Waals surface area contributed by atoms with Gasteiger partial charge in [0.25, 0.3) is 0 Å². The molecule has 5 rings (SSSR count). The highest BCUT2D eigenvalue weighted by atomic mass is 32.2. The maximum Gasteiger partial charge on any atom is 0.416 e. The second-order valence-corrected chi connectivity index (χ2v) is 14.9. The number of carbonyl (C=O) groups is 2. The van der Waals surface area contributed by atoms with Crippen LogP contribution in [0.1, 0.15) is 84.1 Å². The van der Waals surface area contributed by atoms with Crippen LogP contribution in [-0.4, -0.2) is 72.2 Å². The molecule has 2 aliphatic heterocycles. The van der Waals surface area contributed by atoms with Crippen molar-refractivity contribution in [1.82, 2.24) is 14.5 Å². The first-order chi connectivity index (χ1) is 22.9. The lowest BCUT2D eigenvalue weighted by atomic mass is 9.90. The number of benzene rings is 2. The van der Waals surface area contributed by atoms with Crippen molar-refractivity contribution in [2.75, 3.05) is 32.8 Å². The number of hydrogen-bond donors (Lipinski definition) is 1. The molecule has 3 aliphatic rings. The van der Waals surface area contributed by atoms with E-state index in [2.05, 4.69) is 21.8 Å². The summed E-state index contributed by atoms with van der Waals surface area (Å²) in [5.41, 5.74) is -1.12. The minimum absolute atomic E-state index is 0.0270. The van der Waals surface area contributed by atoms with Gasteiger partial charge in [-0.3, -0.25) is 4.79 Å². The molecule has 12 heteroatoms. The molecule has 0 radical (unpaired) electrons. The third kappa shape index (κ3) is 13.4. The lowest BCUT2D eigenvalue weighted by Gasteiger charge is -2.31. The van der Waals surface area contributed by atoms with Crippen LogP contribution in [0.3, 0.4) is 0 Å². The van der Waals surface area contributed by atoms with Crippen molar-refractivity contribution in [2.45, 2.75) is 107 Å². The van der Waals surface area contributed by atoms with Crippen LogP contribution in [0.4, 0.5) is 18.0 Å². The van der Waals surface area contributed by atoms with Crippen LogP contribution in [0.5, 0.6) is 11.5 Å². The van der Waals surface area contributed by atoms with Crippen LogP contribution < -0.4 is 14.8 Å². The Balaban J connectivity index is 0.000000274. The van der Waals surface area contributed by atoms with Gasteiger partial charge < -0.3 is 24.4 Å². The minimum Gasteiger partial charge on any atom is -0.493 e. The number of rotatable bonds is 9. The summed E-state index contributed by atoms with van der Waals surface area (Å²) in [5, 5.41) is 2.82. The Morgan fingerprint density at radius 3 is 2.02 bits per heavy atom. The van der Waals surface area contributed by atoms with Crippen LogP contribution in [0.15, 0.2) is 53.4 Å². The Bertz CT molecular complexity index is 1250. The summed E-state index contributed by atoms with van der Waals surface area (Å²) < 4.78 is 57.4. The summed E-state index contributed by atoms with van der Waals surface area (Å²) in [6.45, 7) is 9.46. The van der Waals surface area contributed by atoms with Crippen molar-refractivity contribution >= 4 is 24.5 Å². The Kier molecular flexibility index (Phi) is 14.2. The van der Waals surface area contributed by atoms with Gasteiger partial charge in [0, 0.05) is 37.1 Å². The van der Waals surface area contributed by atoms with E-state index in [0.717, 1.165) is 69.7 Å². The van der Waals surface area contributed by atoms with Crippen LogP contribution in [0, 0.1) is 5.92 Å². The van der Waals surface area contributed by atoms with Gasteiger partial charge in [-0.25, -0.2) is 9.10 Å². The zero-order chi connectivity index (χ0) is 34.6. The van der Waals surface area contributed by atoms with Crippen molar-refractivity contribution in [3.05, 3.63) is 54.1 Å². The monoisotopic (exact) mass is 693 g/mol. The maximum absolute atomic E-state index is 12.7. The molecule has 1 saturated carbocycles. The zero-order valence-electron chi connectivity index (χ0n) is 28.3. The molecule has 8 nitrogen and oxygen atoms in total. The number of likely N-dealkylation sites (tertiary alicyclic amines) is 1. The Morgan fingerprint density at radius 1 is 0.854 bits per heavy atom. The summed E-state index contributed by atoms with van der Waals surface area (Å²) in [5.74, 6) is 2.13. The molecule has 0 spiro atoms. The first-order valence-electron chi connectivity index (χ1n) is 17.0. The topological polar surface area (TPSA) is 80.3 Å². The molecule has 266 valence electrons. The predicted octanol–water partition coefficient (Wildman–Crippen LogP) is 8.35. The van der Waals surface area contributed by atoms with E-state index in [1.807, 2.05) is 32.9 Å². The summed E-state index contributed by atoms with van der Waals surface area (Å²) >= 11 is 1.73. The molecule has 0 bridgehead atoms. The molecule has 48 heavy (non-hydrogen) atoms. The molecule has 2 saturated heterocycles. The van der Waals surface area contributed by atoms with E-state index in [4.69, 9.17) is 14.2 Å². The first-order valence-corrected chi connectivity index (χ1v) is 17.8. The summed E-state index contributed by atoms with van der Waals surface area (Å²) in [7, 11) is 0. The molecule has 0 aromatic heterocycles. The molecule has 1 aliphatic carbocycles. The van der Waals surface area contributed by atoms with Gasteiger partial charge in [0.2, 0.25) is 6.41 Å². The lowest BCUT2D eigenvalue weighted by Crippen LogP contribution is -2.45. The van der Waals surface area contributed by atoms with Gasteiger partial charge in [-0.15, -0.1) is 0 Å². The van der Waals surface area contributed by atoms with Gasteiger partial charge in [0.15, 0.2) is 0 Å². The third-order valence-electron chi connectivity index (χ3n) is 8.55. The Labute approximate surface area is 287 Å². The average Bonchev–Trinajstić information content (AvgIpc) is 3.05. The standard InChI is InChI=1S/C25H30F3NO2S.C11H20N2O3/c26-25(27,28)20-6-8-22(9-7-20)31-23-14-16-29(17-15-23)32-24-12-10-21(11-13-24)30-18-19-4-2-1-3-5-19;1-11(2,3)16-10(15)12-9-4-6-13(8-14)7-5-9/h6-13,19,23H,1-5,14-18H2;8-9H,4-7H2,1-3H3,(H,12,15). The second kappa shape index (κ2) is 18.0. The summed E-state index contributed by atoms with van der Waals surface area (Å²) in [6, 6.07) is 13.4. The Hall–Kier alpha value is -3.12. The smallest absolute Gasteiger partial charge is 0.416 e. The average molecular weight is 694 g/mol. The molecule has 1 N–H and O–H groups in total. The number of ether oxygens (including phenoxy) is 3. The van der Waals surface area contributed by atoms with E-state index in [1.165, 1.54) is 49.1 Å². The van der Waals surface area contributed by atoms with Gasteiger partial charge in [0.1, 0.15) is 23.2 Å². The summed E-state index contributed by atoms with van der Waals surface area (Å²) in [4.78, 5) is 24.8. The van der Waals surface area contributed by atoms with E-state index in [0.29, 0.717) is 24.8 Å². The van der Waals surface area contributed by atoms with Crippen molar-refractivity contribution in [2.24, 2.45) is 5.92 Å². The minimum atomic E-state index is -4.32. The highest BCUT2D eigenvalue weighted by molar-refractivity contribution is 7.97. The van der Waals surface area contributed by atoms with E-state index >= 15 is 0 Å². The third-order valence-corrected chi connectivity index (χ3v) is 9.66. The van der Waals surface area contributed by atoms with Gasteiger partial charge in [-0.1, -0.05) is 19.3 Å². The number of alkyl halides is 3. The van der Waals surface area contributed by atoms with Crippen LogP contribution in [-0.2, 0) is 15.7 Å². The molecule has 2 aromatic rings. The Morgan fingerprint density at radius 2 is 1.46 bits per heavy atom. The van der Waals surface area contributed by atoms with Crippen molar-refractivity contribution in [3.8, 4) is 11.5 Å². The van der Waals surface area contributed by atoms with E-state index in [9.17, 15) is 22.8 Å². The number of piperidine rings is 2. The largest absolute Gasteiger partial charge is 0.493 e. The second-order valence-electron chi connectivity index (χ2n) is 13.7. The number of halogens is 3. The van der Waals surface area contributed by atoms with Crippen LogP contribution in [0.2, 0.25) is 0 Å². The zero-order valence-corrected chi connectivity index (χ0v) is 29.1. The van der Waals surface area contributed by atoms with E-state index in [1.54, 1.807) is 16.8 Å². The fourth-order valence-electron chi connectivity index (χ4n) is 5.89. The van der Waals surface area contributed by atoms with Gasteiger partial charge >= 0.3 is 12.3 Å². The number of nitrogens with one attached hydrogen (secondary N) is 1. The summed E-state index contributed by atoms with van der Waals surface area (Å²) in [6.07, 6.45) is 6.04. The highest BCUT2D eigenvalue weighted by Gasteiger charge is 2.30. The number of nitrogens with zero attached hydrogens (tertiary/aromatic N) is 2. The lowest BCUT2D eigenvalue weighted by molar-refractivity contribution is -0.137. The molecule has 2 amide bonds.